The highest BCUT2D eigenvalue weighted by molar-refractivity contribution is 7.11. The van der Waals surface area contributed by atoms with Crippen molar-refractivity contribution >= 4 is 22.7 Å². The van der Waals surface area contributed by atoms with Crippen LogP contribution in [-0.4, -0.2) is 4.98 Å². The van der Waals surface area contributed by atoms with E-state index < -0.39 is 0 Å². The third-order valence-corrected chi connectivity index (χ3v) is 3.49. The summed E-state index contributed by atoms with van der Waals surface area (Å²) in [7, 11) is 0. The molecule has 0 aliphatic rings. The van der Waals surface area contributed by atoms with Crippen LogP contribution < -0.4 is 5.73 Å². The maximum absolute atomic E-state index is 5.48. The van der Waals surface area contributed by atoms with Gasteiger partial charge in [0, 0.05) is 23.2 Å². The standard InChI is InChI=1S/C9H10N2S2/c10-5-7-6-13-9(11-7)4-8-2-1-3-12-8/h1-3,6H,4-5,10H2. The first kappa shape index (κ1) is 8.87. The molecule has 13 heavy (non-hydrogen) atoms. The smallest absolute Gasteiger partial charge is 0.0981 e. The Hall–Kier alpha value is -0.710. The molecule has 68 valence electrons. The lowest BCUT2D eigenvalue weighted by Crippen LogP contribution is -1.96. The molecule has 0 saturated heterocycles. The van der Waals surface area contributed by atoms with E-state index in [4.69, 9.17) is 5.73 Å². The molecule has 2 rings (SSSR count). The van der Waals surface area contributed by atoms with Gasteiger partial charge in [0.2, 0.25) is 0 Å². The Balaban J connectivity index is 2.10. The number of rotatable bonds is 3. The lowest BCUT2D eigenvalue weighted by atomic mass is 10.3. The number of hydrogen-bond acceptors (Lipinski definition) is 4. The van der Waals surface area contributed by atoms with E-state index in [1.54, 1.807) is 22.7 Å². The Morgan fingerprint density at radius 3 is 2.92 bits per heavy atom. The highest BCUT2D eigenvalue weighted by Gasteiger charge is 2.02. The summed E-state index contributed by atoms with van der Waals surface area (Å²) in [4.78, 5) is 5.76. The van der Waals surface area contributed by atoms with E-state index >= 15 is 0 Å². The molecule has 2 nitrogen and oxygen atoms in total. The molecule has 2 aromatic heterocycles. The van der Waals surface area contributed by atoms with E-state index in [9.17, 15) is 0 Å². The summed E-state index contributed by atoms with van der Waals surface area (Å²) in [6.45, 7) is 0.543. The molecule has 2 N–H and O–H groups in total. The number of thiazole rings is 1. The molecule has 2 aromatic rings. The number of nitrogens with two attached hydrogens (primary N) is 1. The van der Waals surface area contributed by atoms with Crippen LogP contribution in [0, 0.1) is 0 Å². The summed E-state index contributed by atoms with van der Waals surface area (Å²) in [6, 6.07) is 4.20. The predicted octanol–water partition coefficient (Wildman–Crippen LogP) is 2.25. The fourth-order valence-corrected chi connectivity index (χ4v) is 2.72. The highest BCUT2D eigenvalue weighted by Crippen LogP contribution is 2.17. The van der Waals surface area contributed by atoms with Crippen molar-refractivity contribution in [1.82, 2.24) is 4.98 Å². The molecule has 0 spiro atoms. The van der Waals surface area contributed by atoms with Crippen molar-refractivity contribution in [2.75, 3.05) is 0 Å². The van der Waals surface area contributed by atoms with Crippen LogP contribution in [0.1, 0.15) is 15.6 Å². The quantitative estimate of drug-likeness (QED) is 0.844. The minimum absolute atomic E-state index is 0.543. The van der Waals surface area contributed by atoms with E-state index in [2.05, 4.69) is 22.5 Å². The zero-order valence-corrected chi connectivity index (χ0v) is 8.70. The normalized spacial score (nSPS) is 10.5. The highest BCUT2D eigenvalue weighted by atomic mass is 32.1. The van der Waals surface area contributed by atoms with E-state index in [0.29, 0.717) is 6.54 Å². The van der Waals surface area contributed by atoms with Crippen LogP contribution in [0.2, 0.25) is 0 Å². The molecular weight excluding hydrogens is 200 g/mol. The van der Waals surface area contributed by atoms with Gasteiger partial charge in [0.05, 0.1) is 10.7 Å². The van der Waals surface area contributed by atoms with Gasteiger partial charge in [-0.2, -0.15) is 0 Å². The van der Waals surface area contributed by atoms with Crippen LogP contribution in [0.25, 0.3) is 0 Å². The van der Waals surface area contributed by atoms with E-state index in [-0.39, 0.29) is 0 Å². The molecule has 0 unspecified atom stereocenters. The summed E-state index contributed by atoms with van der Waals surface area (Å²) >= 11 is 3.46. The number of hydrogen-bond donors (Lipinski definition) is 1. The zero-order valence-electron chi connectivity index (χ0n) is 7.06. The van der Waals surface area contributed by atoms with Crippen LogP contribution in [0.15, 0.2) is 22.9 Å². The molecule has 0 atom stereocenters. The lowest BCUT2D eigenvalue weighted by Gasteiger charge is -1.90. The predicted molar refractivity (Wildman–Crippen MR) is 57.1 cm³/mol. The summed E-state index contributed by atoms with van der Waals surface area (Å²) < 4.78 is 0. The monoisotopic (exact) mass is 210 g/mol. The van der Waals surface area contributed by atoms with Crippen LogP contribution in [0.5, 0.6) is 0 Å². The van der Waals surface area contributed by atoms with Crippen LogP contribution in [0.4, 0.5) is 0 Å². The van der Waals surface area contributed by atoms with Crippen molar-refractivity contribution in [1.29, 1.82) is 0 Å². The SMILES string of the molecule is NCc1csc(Cc2cccs2)n1. The van der Waals surface area contributed by atoms with Gasteiger partial charge in [-0.25, -0.2) is 4.98 Å². The number of aromatic nitrogens is 1. The van der Waals surface area contributed by atoms with E-state index in [1.807, 2.05) is 5.38 Å². The second-order valence-electron chi connectivity index (χ2n) is 2.69. The molecule has 0 fully saturated rings. The van der Waals surface area contributed by atoms with Gasteiger partial charge in [0.25, 0.3) is 0 Å². The minimum Gasteiger partial charge on any atom is -0.325 e. The van der Waals surface area contributed by atoms with Gasteiger partial charge in [0.1, 0.15) is 0 Å². The topological polar surface area (TPSA) is 38.9 Å². The second-order valence-corrected chi connectivity index (χ2v) is 4.67. The molecular formula is C9H10N2S2. The van der Waals surface area contributed by atoms with Gasteiger partial charge in [-0.15, -0.1) is 22.7 Å². The Labute approximate surface area is 85.1 Å². The van der Waals surface area contributed by atoms with Crippen molar-refractivity contribution in [3.8, 4) is 0 Å². The molecule has 0 aliphatic heterocycles. The van der Waals surface area contributed by atoms with Crippen molar-refractivity contribution in [3.05, 3.63) is 38.5 Å². The molecule has 0 amide bonds. The summed E-state index contributed by atoms with van der Waals surface area (Å²) in [6.07, 6.45) is 0.947. The Bertz CT molecular complexity index is 365. The van der Waals surface area contributed by atoms with Crippen LogP contribution in [0.3, 0.4) is 0 Å². The van der Waals surface area contributed by atoms with Crippen LogP contribution >= 0.6 is 22.7 Å². The van der Waals surface area contributed by atoms with Crippen molar-refractivity contribution < 1.29 is 0 Å². The van der Waals surface area contributed by atoms with E-state index in [1.165, 1.54) is 4.88 Å². The molecule has 0 bridgehead atoms. The van der Waals surface area contributed by atoms with Gasteiger partial charge in [-0.05, 0) is 11.4 Å². The third kappa shape index (κ3) is 2.15. The Kier molecular flexibility index (Phi) is 2.73. The molecule has 0 aromatic carbocycles. The first-order valence-corrected chi connectivity index (χ1v) is 5.80. The summed E-state index contributed by atoms with van der Waals surface area (Å²) in [5, 5.41) is 5.28. The maximum Gasteiger partial charge on any atom is 0.0981 e. The van der Waals surface area contributed by atoms with Crippen molar-refractivity contribution in [2.24, 2.45) is 5.73 Å². The van der Waals surface area contributed by atoms with Gasteiger partial charge in [-0.1, -0.05) is 6.07 Å². The van der Waals surface area contributed by atoms with Crippen molar-refractivity contribution in [3.63, 3.8) is 0 Å². The molecule has 4 heteroatoms. The number of thiophene rings is 1. The Morgan fingerprint density at radius 1 is 1.38 bits per heavy atom. The minimum atomic E-state index is 0.543. The van der Waals surface area contributed by atoms with Gasteiger partial charge >= 0.3 is 0 Å². The molecule has 2 heterocycles. The number of nitrogens with zero attached hydrogens (tertiary/aromatic N) is 1. The zero-order chi connectivity index (χ0) is 9.10. The van der Waals surface area contributed by atoms with Gasteiger partial charge in [0.15, 0.2) is 0 Å². The van der Waals surface area contributed by atoms with Gasteiger partial charge in [-0.3, -0.25) is 0 Å². The van der Waals surface area contributed by atoms with E-state index in [0.717, 1.165) is 17.1 Å². The molecule has 0 aliphatic carbocycles. The summed E-state index contributed by atoms with van der Waals surface area (Å²) in [5.74, 6) is 0. The first-order valence-electron chi connectivity index (χ1n) is 4.04. The maximum atomic E-state index is 5.48. The van der Waals surface area contributed by atoms with Crippen molar-refractivity contribution in [2.45, 2.75) is 13.0 Å². The fourth-order valence-electron chi connectivity index (χ4n) is 1.09. The first-order chi connectivity index (χ1) is 6.38. The summed E-state index contributed by atoms with van der Waals surface area (Å²) in [5.41, 5.74) is 6.48. The molecule has 0 radical (unpaired) electrons. The fraction of sp³-hybridized carbons (Fsp3) is 0.222. The average molecular weight is 210 g/mol. The Morgan fingerprint density at radius 2 is 2.31 bits per heavy atom. The largest absolute Gasteiger partial charge is 0.325 e. The molecule has 0 saturated carbocycles. The average Bonchev–Trinajstić information content (AvgIpc) is 2.76. The van der Waals surface area contributed by atoms with Gasteiger partial charge < -0.3 is 5.73 Å². The lowest BCUT2D eigenvalue weighted by molar-refractivity contribution is 0.986. The van der Waals surface area contributed by atoms with Crippen LogP contribution in [-0.2, 0) is 13.0 Å². The second kappa shape index (κ2) is 4.00. The third-order valence-electron chi connectivity index (χ3n) is 1.71.